The van der Waals surface area contributed by atoms with Crippen LogP contribution in [0, 0.1) is 15.9 Å². The Balaban J connectivity index is 2.59. The number of nitro groups is 1. The number of nitrogens with zero attached hydrogens (tertiary/aromatic N) is 1. The summed E-state index contributed by atoms with van der Waals surface area (Å²) in [6.07, 6.45) is 2.50. The van der Waals surface area contributed by atoms with E-state index < -0.39 is 10.7 Å². The van der Waals surface area contributed by atoms with Gasteiger partial charge in [-0.25, -0.2) is 4.39 Å². The van der Waals surface area contributed by atoms with E-state index in [9.17, 15) is 14.5 Å². The molecular weight excluding hydrogens is 319 g/mol. The molecule has 0 saturated carbocycles. The van der Waals surface area contributed by atoms with Gasteiger partial charge in [0.25, 0.3) is 5.69 Å². The van der Waals surface area contributed by atoms with Crippen LogP contribution in [-0.4, -0.2) is 24.7 Å². The van der Waals surface area contributed by atoms with Crippen molar-refractivity contribution in [2.45, 2.75) is 6.42 Å². The highest BCUT2D eigenvalue weighted by atomic mass is 79.9. The van der Waals surface area contributed by atoms with E-state index in [1.165, 1.54) is 6.07 Å². The summed E-state index contributed by atoms with van der Waals surface area (Å²) in [4.78, 5) is 10.2. The molecule has 0 amide bonds. The highest BCUT2D eigenvalue weighted by Crippen LogP contribution is 2.30. The minimum Gasteiger partial charge on any atom is -0.379 e. The summed E-state index contributed by atoms with van der Waals surface area (Å²) in [6, 6.07) is 2.22. The van der Waals surface area contributed by atoms with Crippen LogP contribution in [0.15, 0.2) is 29.3 Å². The SMILES string of the molecule is C=CCCOCCNc1cc(Br)c(F)cc1[N+](=O)[O-]. The molecule has 0 unspecified atom stereocenters. The van der Waals surface area contributed by atoms with Crippen molar-refractivity contribution in [1.29, 1.82) is 0 Å². The molecular formula is C12H14BrFN2O3. The number of nitro benzene ring substituents is 1. The monoisotopic (exact) mass is 332 g/mol. The predicted octanol–water partition coefficient (Wildman–Crippen LogP) is 3.50. The van der Waals surface area contributed by atoms with E-state index in [1.807, 2.05) is 0 Å². The fourth-order valence-electron chi connectivity index (χ4n) is 1.36. The zero-order chi connectivity index (χ0) is 14.3. The van der Waals surface area contributed by atoms with E-state index in [-0.39, 0.29) is 15.8 Å². The average molecular weight is 333 g/mol. The molecule has 19 heavy (non-hydrogen) atoms. The first-order chi connectivity index (χ1) is 9.06. The third-order valence-corrected chi connectivity index (χ3v) is 2.87. The second kappa shape index (κ2) is 7.85. The van der Waals surface area contributed by atoms with Gasteiger partial charge in [0.15, 0.2) is 0 Å². The summed E-state index contributed by atoms with van der Waals surface area (Å²) < 4.78 is 18.7. The Labute approximate surface area is 118 Å². The van der Waals surface area contributed by atoms with Crippen LogP contribution in [-0.2, 0) is 4.74 Å². The molecule has 5 nitrogen and oxygen atoms in total. The van der Waals surface area contributed by atoms with E-state index in [0.717, 1.165) is 12.5 Å². The van der Waals surface area contributed by atoms with Crippen molar-refractivity contribution in [2.75, 3.05) is 25.1 Å². The molecule has 0 aromatic heterocycles. The van der Waals surface area contributed by atoms with E-state index in [2.05, 4.69) is 27.8 Å². The van der Waals surface area contributed by atoms with Gasteiger partial charge in [-0.3, -0.25) is 10.1 Å². The van der Waals surface area contributed by atoms with Crippen molar-refractivity contribution in [2.24, 2.45) is 0 Å². The zero-order valence-electron chi connectivity index (χ0n) is 10.2. The number of hydrogen-bond donors (Lipinski definition) is 1. The molecule has 0 aliphatic rings. The molecule has 0 fully saturated rings. The van der Waals surface area contributed by atoms with Gasteiger partial charge < -0.3 is 10.1 Å². The van der Waals surface area contributed by atoms with E-state index in [1.54, 1.807) is 6.08 Å². The topological polar surface area (TPSA) is 64.4 Å². The molecule has 1 rings (SSSR count). The third kappa shape index (κ3) is 4.96. The maximum atomic E-state index is 13.2. The second-order valence-corrected chi connectivity index (χ2v) is 4.51. The maximum Gasteiger partial charge on any atom is 0.295 e. The van der Waals surface area contributed by atoms with Gasteiger partial charge in [-0.2, -0.15) is 0 Å². The third-order valence-electron chi connectivity index (χ3n) is 2.26. The van der Waals surface area contributed by atoms with Crippen LogP contribution in [0.5, 0.6) is 0 Å². The Morgan fingerprint density at radius 1 is 1.53 bits per heavy atom. The number of benzene rings is 1. The Hall–Kier alpha value is -1.47. The number of ether oxygens (including phenoxy) is 1. The quantitative estimate of drug-likeness (QED) is 0.342. The fourth-order valence-corrected chi connectivity index (χ4v) is 1.70. The normalized spacial score (nSPS) is 10.2. The maximum absolute atomic E-state index is 13.2. The smallest absolute Gasteiger partial charge is 0.295 e. The van der Waals surface area contributed by atoms with Crippen molar-refractivity contribution in [1.82, 2.24) is 0 Å². The van der Waals surface area contributed by atoms with Gasteiger partial charge in [-0.15, -0.1) is 6.58 Å². The van der Waals surface area contributed by atoms with Gasteiger partial charge in [-0.1, -0.05) is 6.08 Å². The van der Waals surface area contributed by atoms with Crippen molar-refractivity contribution < 1.29 is 14.1 Å². The van der Waals surface area contributed by atoms with E-state index in [4.69, 9.17) is 4.74 Å². The Morgan fingerprint density at radius 3 is 2.89 bits per heavy atom. The lowest BCUT2D eigenvalue weighted by Crippen LogP contribution is -2.11. The van der Waals surface area contributed by atoms with Gasteiger partial charge in [0, 0.05) is 6.54 Å². The fraction of sp³-hybridized carbons (Fsp3) is 0.333. The lowest BCUT2D eigenvalue weighted by molar-refractivity contribution is -0.384. The van der Waals surface area contributed by atoms with E-state index >= 15 is 0 Å². The van der Waals surface area contributed by atoms with Crippen LogP contribution in [0.2, 0.25) is 0 Å². The minimum absolute atomic E-state index is 0.174. The summed E-state index contributed by atoms with van der Waals surface area (Å²) >= 11 is 2.99. The molecule has 0 atom stereocenters. The molecule has 0 bridgehead atoms. The first-order valence-electron chi connectivity index (χ1n) is 5.62. The molecule has 0 aliphatic heterocycles. The molecule has 1 aromatic rings. The standard InChI is InChI=1S/C12H14BrFN2O3/c1-2-3-5-19-6-4-15-11-7-9(13)10(14)8-12(11)16(17)18/h2,7-8,15H,1,3-6H2. The number of hydrogen-bond acceptors (Lipinski definition) is 4. The predicted molar refractivity (Wildman–Crippen MR) is 74.9 cm³/mol. The molecule has 1 N–H and O–H groups in total. The van der Waals surface area contributed by atoms with Gasteiger partial charge in [-0.05, 0) is 28.4 Å². The van der Waals surface area contributed by atoms with Crippen molar-refractivity contribution in [3.8, 4) is 0 Å². The van der Waals surface area contributed by atoms with Crippen LogP contribution in [0.3, 0.4) is 0 Å². The Bertz CT molecular complexity index is 469. The summed E-state index contributed by atoms with van der Waals surface area (Å²) in [6.45, 7) is 4.92. The second-order valence-electron chi connectivity index (χ2n) is 3.66. The largest absolute Gasteiger partial charge is 0.379 e. The van der Waals surface area contributed by atoms with Gasteiger partial charge in [0.1, 0.15) is 11.5 Å². The van der Waals surface area contributed by atoms with E-state index in [0.29, 0.717) is 19.8 Å². The van der Waals surface area contributed by atoms with Gasteiger partial charge >= 0.3 is 0 Å². The van der Waals surface area contributed by atoms with Gasteiger partial charge in [0.2, 0.25) is 0 Å². The zero-order valence-corrected chi connectivity index (χ0v) is 11.8. The van der Waals surface area contributed by atoms with Crippen molar-refractivity contribution in [3.63, 3.8) is 0 Å². The molecule has 1 aromatic carbocycles. The van der Waals surface area contributed by atoms with Crippen LogP contribution < -0.4 is 5.32 Å². The number of anilines is 1. The molecule has 0 aliphatic carbocycles. The summed E-state index contributed by atoms with van der Waals surface area (Å²) in [5.74, 6) is -0.667. The van der Waals surface area contributed by atoms with Crippen LogP contribution in [0.1, 0.15) is 6.42 Å². The molecule has 0 heterocycles. The first-order valence-corrected chi connectivity index (χ1v) is 6.41. The molecule has 0 radical (unpaired) electrons. The van der Waals surface area contributed by atoms with Gasteiger partial charge in [0.05, 0.1) is 28.7 Å². The lowest BCUT2D eigenvalue weighted by atomic mass is 10.2. The molecule has 0 spiro atoms. The first kappa shape index (κ1) is 15.6. The summed E-state index contributed by atoms with van der Waals surface area (Å²) in [5, 5.41) is 13.7. The summed E-state index contributed by atoms with van der Waals surface area (Å²) in [5.41, 5.74) is -0.0441. The lowest BCUT2D eigenvalue weighted by Gasteiger charge is -2.08. The highest BCUT2D eigenvalue weighted by Gasteiger charge is 2.17. The Morgan fingerprint density at radius 2 is 2.26 bits per heavy atom. The number of nitrogens with one attached hydrogen (secondary N) is 1. The van der Waals surface area contributed by atoms with Crippen LogP contribution >= 0.6 is 15.9 Å². The number of halogens is 2. The Kier molecular flexibility index (Phi) is 6.44. The number of rotatable bonds is 8. The summed E-state index contributed by atoms with van der Waals surface area (Å²) in [7, 11) is 0. The van der Waals surface area contributed by atoms with Crippen LogP contribution in [0.25, 0.3) is 0 Å². The average Bonchev–Trinajstić information content (AvgIpc) is 2.37. The molecule has 0 saturated heterocycles. The molecule has 104 valence electrons. The van der Waals surface area contributed by atoms with Crippen LogP contribution in [0.4, 0.5) is 15.8 Å². The minimum atomic E-state index is -0.667. The van der Waals surface area contributed by atoms with Crippen molar-refractivity contribution >= 4 is 27.3 Å². The van der Waals surface area contributed by atoms with Crippen molar-refractivity contribution in [3.05, 3.63) is 45.2 Å². The highest BCUT2D eigenvalue weighted by molar-refractivity contribution is 9.10. The molecule has 7 heteroatoms.